The minimum Gasteiger partial charge on any atom is -0.368 e. The van der Waals surface area contributed by atoms with Gasteiger partial charge in [0.1, 0.15) is 5.82 Å². The van der Waals surface area contributed by atoms with Crippen LogP contribution in [0.15, 0.2) is 12.4 Å². The summed E-state index contributed by atoms with van der Waals surface area (Å²) in [5, 5.41) is 0. The number of aryl methyl sites for hydroxylation is 1. The maximum Gasteiger partial charge on any atom is 0.223 e. The first-order valence-corrected chi connectivity index (χ1v) is 5.36. The van der Waals surface area contributed by atoms with Crippen molar-refractivity contribution in [1.82, 2.24) is 24.9 Å². The van der Waals surface area contributed by atoms with Crippen molar-refractivity contribution in [1.29, 1.82) is 0 Å². The molecule has 0 atom stereocenters. The van der Waals surface area contributed by atoms with Crippen LogP contribution in [0.4, 0.5) is 5.95 Å². The highest BCUT2D eigenvalue weighted by Gasteiger charge is 2.11. The molecule has 0 aromatic carbocycles. The van der Waals surface area contributed by atoms with Crippen molar-refractivity contribution in [2.24, 2.45) is 0 Å². The van der Waals surface area contributed by atoms with E-state index in [-0.39, 0.29) is 11.9 Å². The Balaban J connectivity index is 2.48. The second-order valence-corrected chi connectivity index (χ2v) is 4.11. The highest BCUT2D eigenvalue weighted by Crippen LogP contribution is 2.14. The van der Waals surface area contributed by atoms with Crippen LogP contribution in [0.1, 0.15) is 31.2 Å². The summed E-state index contributed by atoms with van der Waals surface area (Å²) in [6, 6.07) is 0. The van der Waals surface area contributed by atoms with E-state index in [1.165, 1.54) is 0 Å². The topological polar surface area (TPSA) is 90.5 Å². The average Bonchev–Trinajstić information content (AvgIpc) is 2.29. The third kappa shape index (κ3) is 2.52. The Kier molecular flexibility index (Phi) is 2.95. The Labute approximate surface area is 99.4 Å². The highest BCUT2D eigenvalue weighted by molar-refractivity contribution is 5.44. The summed E-state index contributed by atoms with van der Waals surface area (Å²) >= 11 is 0. The summed E-state index contributed by atoms with van der Waals surface area (Å²) in [4.78, 5) is 20.8. The summed E-state index contributed by atoms with van der Waals surface area (Å²) in [7, 11) is 0. The van der Waals surface area contributed by atoms with Gasteiger partial charge in [-0.1, -0.05) is 13.8 Å². The van der Waals surface area contributed by atoms with E-state index in [1.54, 1.807) is 12.4 Å². The molecular weight excluding hydrogens is 216 g/mol. The quantitative estimate of drug-likeness (QED) is 0.837. The molecule has 2 heterocycles. The molecule has 0 bridgehead atoms. The number of hydrogen-bond acceptors (Lipinski definition) is 6. The van der Waals surface area contributed by atoms with E-state index in [1.807, 2.05) is 20.8 Å². The van der Waals surface area contributed by atoms with Gasteiger partial charge in [0.25, 0.3) is 0 Å². The summed E-state index contributed by atoms with van der Waals surface area (Å²) in [5.74, 6) is 1.91. The summed E-state index contributed by atoms with van der Waals surface area (Å²) in [6.45, 7) is 5.91. The molecule has 0 aliphatic carbocycles. The molecule has 0 unspecified atom stereocenters. The van der Waals surface area contributed by atoms with Crippen molar-refractivity contribution < 1.29 is 0 Å². The molecule has 2 rings (SSSR count). The van der Waals surface area contributed by atoms with E-state index >= 15 is 0 Å². The second kappa shape index (κ2) is 4.40. The monoisotopic (exact) mass is 230 g/mol. The summed E-state index contributed by atoms with van der Waals surface area (Å²) in [5.41, 5.74) is 6.63. The molecule has 2 aromatic heterocycles. The van der Waals surface area contributed by atoms with Crippen molar-refractivity contribution in [3.8, 4) is 11.6 Å². The van der Waals surface area contributed by atoms with Gasteiger partial charge in [-0.3, -0.25) is 0 Å². The summed E-state index contributed by atoms with van der Waals surface area (Å²) < 4.78 is 0. The Morgan fingerprint density at radius 1 is 1.00 bits per heavy atom. The molecule has 2 aromatic rings. The lowest BCUT2D eigenvalue weighted by molar-refractivity contribution is 0.764. The average molecular weight is 230 g/mol. The fraction of sp³-hybridized carbons (Fsp3) is 0.364. The van der Waals surface area contributed by atoms with E-state index in [9.17, 15) is 0 Å². The van der Waals surface area contributed by atoms with Crippen LogP contribution >= 0.6 is 0 Å². The fourth-order valence-electron chi connectivity index (χ4n) is 1.28. The first-order chi connectivity index (χ1) is 8.06. The van der Waals surface area contributed by atoms with Gasteiger partial charge in [-0.2, -0.15) is 9.97 Å². The number of nitrogen functional groups attached to an aromatic ring is 1. The van der Waals surface area contributed by atoms with Gasteiger partial charge in [0, 0.05) is 18.3 Å². The standard InChI is InChI=1S/C11H14N6/c1-6(2)8-15-10(17-11(12)16-8)9-13-4-7(3)5-14-9/h4-6H,1-3H3,(H2,12,15,16,17). The minimum absolute atomic E-state index is 0.185. The van der Waals surface area contributed by atoms with Crippen molar-refractivity contribution in [2.75, 3.05) is 5.73 Å². The van der Waals surface area contributed by atoms with Crippen LogP contribution in [0, 0.1) is 6.92 Å². The predicted molar refractivity (Wildman–Crippen MR) is 64.1 cm³/mol. The number of nitrogens with two attached hydrogens (primary N) is 1. The van der Waals surface area contributed by atoms with Gasteiger partial charge >= 0.3 is 0 Å². The van der Waals surface area contributed by atoms with E-state index in [2.05, 4.69) is 24.9 Å². The summed E-state index contributed by atoms with van der Waals surface area (Å²) in [6.07, 6.45) is 3.44. The van der Waals surface area contributed by atoms with Crippen molar-refractivity contribution in [2.45, 2.75) is 26.7 Å². The van der Waals surface area contributed by atoms with E-state index in [4.69, 9.17) is 5.73 Å². The third-order valence-electron chi connectivity index (χ3n) is 2.17. The van der Waals surface area contributed by atoms with Crippen LogP contribution in [-0.2, 0) is 0 Å². The largest absolute Gasteiger partial charge is 0.368 e. The first-order valence-electron chi connectivity index (χ1n) is 5.36. The molecule has 17 heavy (non-hydrogen) atoms. The molecule has 88 valence electrons. The van der Waals surface area contributed by atoms with Crippen molar-refractivity contribution >= 4 is 5.95 Å². The zero-order valence-corrected chi connectivity index (χ0v) is 10.0. The zero-order valence-electron chi connectivity index (χ0n) is 10.0. The molecule has 6 heteroatoms. The highest BCUT2D eigenvalue weighted by atomic mass is 15.1. The molecule has 2 N–H and O–H groups in total. The van der Waals surface area contributed by atoms with Gasteiger partial charge in [-0.05, 0) is 12.5 Å². The Morgan fingerprint density at radius 2 is 1.65 bits per heavy atom. The van der Waals surface area contributed by atoms with Gasteiger partial charge in [-0.25, -0.2) is 15.0 Å². The number of nitrogens with zero attached hydrogens (tertiary/aromatic N) is 5. The predicted octanol–water partition coefficient (Wildman–Crippen LogP) is 1.34. The Bertz CT molecular complexity index is 520. The van der Waals surface area contributed by atoms with Crippen LogP contribution in [-0.4, -0.2) is 24.9 Å². The van der Waals surface area contributed by atoms with Crippen LogP contribution < -0.4 is 5.73 Å². The number of hydrogen-bond donors (Lipinski definition) is 1. The lowest BCUT2D eigenvalue weighted by atomic mass is 10.2. The molecule has 0 aliphatic heterocycles. The van der Waals surface area contributed by atoms with Crippen molar-refractivity contribution in [3.63, 3.8) is 0 Å². The third-order valence-corrected chi connectivity index (χ3v) is 2.17. The molecule has 0 spiro atoms. The van der Waals surface area contributed by atoms with E-state index in [0.29, 0.717) is 17.5 Å². The molecule has 0 radical (unpaired) electrons. The number of rotatable bonds is 2. The van der Waals surface area contributed by atoms with Crippen LogP contribution in [0.2, 0.25) is 0 Å². The molecular formula is C11H14N6. The smallest absolute Gasteiger partial charge is 0.223 e. The Hall–Kier alpha value is -2.11. The molecule has 0 saturated carbocycles. The maximum absolute atomic E-state index is 5.65. The van der Waals surface area contributed by atoms with Crippen molar-refractivity contribution in [3.05, 3.63) is 23.8 Å². The Morgan fingerprint density at radius 3 is 2.24 bits per heavy atom. The molecule has 0 amide bonds. The fourth-order valence-corrected chi connectivity index (χ4v) is 1.28. The lowest BCUT2D eigenvalue weighted by Gasteiger charge is -2.06. The zero-order chi connectivity index (χ0) is 12.4. The molecule has 0 fully saturated rings. The van der Waals surface area contributed by atoms with Crippen LogP contribution in [0.5, 0.6) is 0 Å². The van der Waals surface area contributed by atoms with Gasteiger partial charge in [0.05, 0.1) is 0 Å². The van der Waals surface area contributed by atoms with Gasteiger partial charge < -0.3 is 5.73 Å². The van der Waals surface area contributed by atoms with E-state index < -0.39 is 0 Å². The molecule has 0 saturated heterocycles. The first kappa shape index (κ1) is 11.4. The van der Waals surface area contributed by atoms with Gasteiger partial charge in [0.2, 0.25) is 11.8 Å². The molecule has 6 nitrogen and oxygen atoms in total. The SMILES string of the molecule is Cc1cnc(-c2nc(N)nc(C(C)C)n2)nc1. The maximum atomic E-state index is 5.65. The normalized spacial score (nSPS) is 10.8. The lowest BCUT2D eigenvalue weighted by Crippen LogP contribution is -2.07. The minimum atomic E-state index is 0.185. The number of aromatic nitrogens is 5. The second-order valence-electron chi connectivity index (χ2n) is 4.11. The van der Waals surface area contributed by atoms with Gasteiger partial charge in [0.15, 0.2) is 5.82 Å². The number of anilines is 1. The van der Waals surface area contributed by atoms with Crippen LogP contribution in [0.3, 0.4) is 0 Å². The van der Waals surface area contributed by atoms with Gasteiger partial charge in [-0.15, -0.1) is 0 Å². The van der Waals surface area contributed by atoms with E-state index in [0.717, 1.165) is 5.56 Å². The molecule has 0 aliphatic rings. The van der Waals surface area contributed by atoms with Crippen LogP contribution in [0.25, 0.3) is 11.6 Å².